The molecule has 4 fully saturated rings. The van der Waals surface area contributed by atoms with E-state index < -0.39 is 82.9 Å². The van der Waals surface area contributed by atoms with Gasteiger partial charge in [-0.3, -0.25) is 9.69 Å². The van der Waals surface area contributed by atoms with Crippen molar-refractivity contribution >= 4 is 59.0 Å². The number of halogens is 4. The summed E-state index contributed by atoms with van der Waals surface area (Å²) in [6.07, 6.45) is 5.22. The van der Waals surface area contributed by atoms with Gasteiger partial charge in [0, 0.05) is 79.3 Å². The number of nitrogens with zero attached hydrogens (tertiary/aromatic N) is 1. The Morgan fingerprint density at radius 2 is 1.46 bits per heavy atom. The molecule has 0 aliphatic carbocycles. The van der Waals surface area contributed by atoms with Crippen molar-refractivity contribution in [2.45, 2.75) is 199 Å². The third-order valence-electron chi connectivity index (χ3n) is 15.6. The van der Waals surface area contributed by atoms with Gasteiger partial charge >= 0.3 is 29.6 Å². The molecule has 0 amide bonds. The maximum Gasteiger partial charge on any atom is 1.00 e. The van der Waals surface area contributed by atoms with Gasteiger partial charge in [-0.05, 0) is 95.6 Å². The van der Waals surface area contributed by atoms with Crippen LogP contribution in [0.2, 0.25) is 0 Å². The molecule has 0 radical (unpaired) electrons. The SMILES string of the molecule is CCC(C(=O)[O-])C1CCC(C)C(C(C)C(O)C(C)C(=O)C(CC)C2OC3(C=CC(O)C4(CCC(C)(C5CCC(O)(CC)C(C)O5)O4)O3)C(C)CC2C)O1.Cl.ClCCN(CCCl)CCCl.[Na+]. The summed E-state index contributed by atoms with van der Waals surface area (Å²) in [7, 11) is 0. The summed E-state index contributed by atoms with van der Waals surface area (Å²) in [5.41, 5.74) is -1.64. The Morgan fingerprint density at radius 3 is 1.98 bits per heavy atom. The molecule has 3 N–H and O–H groups in total. The maximum atomic E-state index is 14.4. The van der Waals surface area contributed by atoms with Gasteiger partial charge in [0.2, 0.25) is 5.79 Å². The van der Waals surface area contributed by atoms with Gasteiger partial charge in [-0.1, -0.05) is 55.4 Å². The molecule has 17 heteroatoms. The topological polar surface area (TPSA) is 167 Å². The first-order valence-corrected chi connectivity index (χ1v) is 25.6. The molecule has 0 aromatic heterocycles. The van der Waals surface area contributed by atoms with Crippen molar-refractivity contribution in [3.05, 3.63) is 12.2 Å². The second-order valence-electron chi connectivity index (χ2n) is 19.8. The van der Waals surface area contributed by atoms with Crippen LogP contribution >= 0.6 is 47.2 Å². The average molecular weight is 1010 g/mol. The number of hydrogen-bond acceptors (Lipinski definition) is 12. The largest absolute Gasteiger partial charge is 1.00 e. The van der Waals surface area contributed by atoms with E-state index in [-0.39, 0.29) is 77.7 Å². The van der Waals surface area contributed by atoms with Gasteiger partial charge < -0.3 is 48.9 Å². The van der Waals surface area contributed by atoms with E-state index in [4.69, 9.17) is 58.5 Å². The van der Waals surface area contributed by atoms with Gasteiger partial charge in [0.05, 0.1) is 47.8 Å². The van der Waals surface area contributed by atoms with Gasteiger partial charge in [-0.25, -0.2) is 0 Å². The standard InChI is InChI=1S/C42H70O11.C6H12Cl3N.ClH.Na/c1-11-29(38(46)47)31-15-14-23(4)36(50-31)27(8)34(44)26(7)35(45)30(12-2)37-24(5)22-25(6)41(51-37)19-16-32(43)42(53-41)21-20-39(10,52-42)33-17-18-40(48,13-3)28(9)49-33;7-1-4-10(5-2-8)6-3-9;;/h16,19,23-34,36-37,43-44,48H,11-15,17-18,20-22H2,1-10H3,(H,46,47);1-6H2;1H;/q;;;+1/p-1. The number of aliphatic hydroxyl groups is 3. The predicted molar refractivity (Wildman–Crippen MR) is 252 cm³/mol. The van der Waals surface area contributed by atoms with Crippen LogP contribution in [-0.2, 0) is 33.3 Å². The Bertz CT molecular complexity index is 1490. The number of Topliss-reactive ketones (excluding diaryl/α,β-unsaturated/α-hetero) is 1. The molecule has 0 saturated carbocycles. The van der Waals surface area contributed by atoms with Crippen molar-refractivity contribution in [3.63, 3.8) is 0 Å². The van der Waals surface area contributed by atoms with Crippen molar-refractivity contribution in [1.82, 2.24) is 4.90 Å². The van der Waals surface area contributed by atoms with E-state index >= 15 is 0 Å². The minimum absolute atomic E-state index is 0. The van der Waals surface area contributed by atoms with Crippen LogP contribution in [-0.4, -0.2) is 135 Å². The van der Waals surface area contributed by atoms with Gasteiger partial charge in [0.1, 0.15) is 11.9 Å². The first-order chi connectivity index (χ1) is 29.6. The second-order valence-corrected chi connectivity index (χ2v) is 20.9. The van der Waals surface area contributed by atoms with Crippen LogP contribution < -0.4 is 34.7 Å². The molecule has 4 saturated heterocycles. The Balaban J connectivity index is 0.00000108. The molecule has 374 valence electrons. The predicted octanol–water partition coefficient (Wildman–Crippen LogP) is 4.28. The molecule has 0 bridgehead atoms. The zero-order valence-corrected chi connectivity index (χ0v) is 46.2. The van der Waals surface area contributed by atoms with Crippen LogP contribution in [0.25, 0.3) is 0 Å². The summed E-state index contributed by atoms with van der Waals surface area (Å²) in [4.78, 5) is 28.4. The smallest absolute Gasteiger partial charge is 0.550 e. The van der Waals surface area contributed by atoms with Crippen molar-refractivity contribution in [2.24, 2.45) is 41.4 Å². The van der Waals surface area contributed by atoms with Crippen LogP contribution in [0.1, 0.15) is 133 Å². The molecule has 0 aromatic rings. The molecule has 18 atom stereocenters. The van der Waals surface area contributed by atoms with Gasteiger partial charge in [-0.2, -0.15) is 0 Å². The number of alkyl halides is 3. The average Bonchev–Trinajstić information content (AvgIpc) is 3.59. The molecule has 2 spiro atoms. The number of carboxylic acid groups (broad SMARTS) is 1. The number of hydrogen-bond donors (Lipinski definition) is 3. The molecule has 5 rings (SSSR count). The number of aliphatic hydroxyl groups excluding tert-OH is 2. The summed E-state index contributed by atoms with van der Waals surface area (Å²) in [6, 6.07) is 0. The Morgan fingerprint density at radius 1 is 0.862 bits per heavy atom. The van der Waals surface area contributed by atoms with E-state index in [0.717, 1.165) is 26.1 Å². The summed E-state index contributed by atoms with van der Waals surface area (Å²) in [5.74, 6) is -4.30. The number of carbonyl (C=O) groups excluding carboxylic acids is 2. The van der Waals surface area contributed by atoms with E-state index in [0.29, 0.717) is 75.4 Å². The molecule has 0 aromatic carbocycles. The fourth-order valence-corrected chi connectivity index (χ4v) is 11.9. The van der Waals surface area contributed by atoms with E-state index in [1.54, 1.807) is 19.1 Å². The van der Waals surface area contributed by atoms with Crippen molar-refractivity contribution in [3.8, 4) is 0 Å². The minimum atomic E-state index is -1.37. The van der Waals surface area contributed by atoms with Crippen LogP contribution in [0.3, 0.4) is 0 Å². The van der Waals surface area contributed by atoms with Gasteiger partial charge in [-0.15, -0.1) is 47.2 Å². The van der Waals surface area contributed by atoms with E-state index in [9.17, 15) is 30.0 Å². The molecule has 12 nitrogen and oxygen atoms in total. The maximum absolute atomic E-state index is 14.4. The zero-order valence-electron chi connectivity index (χ0n) is 41.1. The van der Waals surface area contributed by atoms with E-state index in [2.05, 4.69) is 25.7 Å². The van der Waals surface area contributed by atoms with Gasteiger partial charge in [0.15, 0.2) is 5.79 Å². The number of ether oxygens (including phenoxy) is 5. The number of carboxylic acids is 1. The first-order valence-electron chi connectivity index (χ1n) is 24.0. The number of rotatable bonds is 18. The Hall–Kier alpha value is 0.680. The first kappa shape index (κ1) is 61.8. The summed E-state index contributed by atoms with van der Waals surface area (Å²) in [6.45, 7) is 22.1. The summed E-state index contributed by atoms with van der Waals surface area (Å²) in [5, 5.41) is 46.0. The second kappa shape index (κ2) is 26.9. The third-order valence-corrected chi connectivity index (χ3v) is 16.1. The normalized spacial score (nSPS) is 39.3. The van der Waals surface area contributed by atoms with Gasteiger partial charge in [0.25, 0.3) is 0 Å². The number of ketones is 1. The molecule has 5 heterocycles. The van der Waals surface area contributed by atoms with Crippen LogP contribution in [0.5, 0.6) is 0 Å². The van der Waals surface area contributed by atoms with E-state index in [1.807, 2.05) is 41.5 Å². The van der Waals surface area contributed by atoms with Crippen molar-refractivity contribution < 1.29 is 83.3 Å². The molecule has 5 aliphatic heterocycles. The molecule has 18 unspecified atom stereocenters. The summed E-state index contributed by atoms with van der Waals surface area (Å²) >= 11 is 16.6. The number of carbonyl (C=O) groups is 2. The Labute approximate surface area is 433 Å². The van der Waals surface area contributed by atoms with Crippen LogP contribution in [0.4, 0.5) is 0 Å². The number of aliphatic carboxylic acids is 1. The van der Waals surface area contributed by atoms with Crippen molar-refractivity contribution in [1.29, 1.82) is 0 Å². The zero-order chi connectivity index (χ0) is 47.1. The van der Waals surface area contributed by atoms with Crippen molar-refractivity contribution in [2.75, 3.05) is 37.3 Å². The fourth-order valence-electron chi connectivity index (χ4n) is 11.2. The van der Waals surface area contributed by atoms with Crippen LogP contribution in [0, 0.1) is 41.4 Å². The molecule has 65 heavy (non-hydrogen) atoms. The molecule has 5 aliphatic rings. The van der Waals surface area contributed by atoms with Crippen LogP contribution in [0.15, 0.2) is 12.2 Å². The summed E-state index contributed by atoms with van der Waals surface area (Å²) < 4.78 is 33.4. The van der Waals surface area contributed by atoms with E-state index in [1.165, 1.54) is 0 Å². The Kier molecular flexibility index (Phi) is 25.6. The molecular weight excluding hydrogens is 931 g/mol. The minimum Gasteiger partial charge on any atom is -0.550 e. The third kappa shape index (κ3) is 14.2. The quantitative estimate of drug-likeness (QED) is 0.102. The monoisotopic (exact) mass is 1010 g/mol. The fraction of sp³-hybridized carbons (Fsp3) is 0.917. The molecular formula is C48H82Cl4NNaO11.